The fourth-order valence-corrected chi connectivity index (χ4v) is 2.33. The molecule has 21 heavy (non-hydrogen) atoms. The Morgan fingerprint density at radius 2 is 1.76 bits per heavy atom. The first-order valence-electron chi connectivity index (χ1n) is 6.89. The van der Waals surface area contributed by atoms with Crippen molar-refractivity contribution >= 4 is 5.69 Å². The van der Waals surface area contributed by atoms with E-state index in [0.717, 1.165) is 16.8 Å². The van der Waals surface area contributed by atoms with Gasteiger partial charge in [0.05, 0.1) is 0 Å². The summed E-state index contributed by atoms with van der Waals surface area (Å²) in [5.74, 6) is -0.503. The minimum atomic E-state index is -0.259. The van der Waals surface area contributed by atoms with Crippen LogP contribution >= 0.6 is 0 Å². The molecule has 0 amide bonds. The van der Waals surface area contributed by atoms with Gasteiger partial charge in [0, 0.05) is 25.3 Å². The van der Waals surface area contributed by atoms with E-state index in [0.29, 0.717) is 12.1 Å². The number of hydrogen-bond acceptors (Lipinski definition) is 2. The van der Waals surface area contributed by atoms with Crippen molar-refractivity contribution in [2.75, 3.05) is 11.9 Å². The first kappa shape index (κ1) is 15.4. The molecule has 0 bridgehead atoms. The molecule has 1 unspecified atom stereocenters. The fraction of sp³-hybridized carbons (Fsp3) is 0.294. The summed E-state index contributed by atoms with van der Waals surface area (Å²) < 4.78 is 26.7. The second-order valence-electron chi connectivity index (χ2n) is 5.43. The van der Waals surface area contributed by atoms with E-state index in [1.165, 1.54) is 18.2 Å². The average molecular weight is 290 g/mol. The monoisotopic (exact) mass is 290 g/mol. The van der Waals surface area contributed by atoms with Gasteiger partial charge in [-0.25, -0.2) is 8.78 Å². The van der Waals surface area contributed by atoms with E-state index in [-0.39, 0.29) is 17.7 Å². The van der Waals surface area contributed by atoms with E-state index in [1.807, 2.05) is 18.9 Å². The highest BCUT2D eigenvalue weighted by Crippen LogP contribution is 2.28. The number of anilines is 1. The Kier molecular flexibility index (Phi) is 4.58. The lowest BCUT2D eigenvalue weighted by Crippen LogP contribution is -2.20. The number of aryl methyl sites for hydroxylation is 1. The molecule has 112 valence electrons. The van der Waals surface area contributed by atoms with Gasteiger partial charge < -0.3 is 10.6 Å². The third-order valence-corrected chi connectivity index (χ3v) is 3.54. The lowest BCUT2D eigenvalue weighted by molar-refractivity contribution is 0.612. The topological polar surface area (TPSA) is 29.3 Å². The predicted octanol–water partition coefficient (Wildman–Crippen LogP) is 3.93. The highest BCUT2D eigenvalue weighted by atomic mass is 19.1. The van der Waals surface area contributed by atoms with Crippen molar-refractivity contribution in [3.05, 3.63) is 64.7 Å². The van der Waals surface area contributed by atoms with Crippen LogP contribution in [0.1, 0.15) is 29.7 Å². The molecule has 0 spiro atoms. The Balaban J connectivity index is 2.31. The lowest BCUT2D eigenvalue weighted by atomic mass is 10.0. The molecule has 4 heteroatoms. The van der Waals surface area contributed by atoms with Gasteiger partial charge in [0.25, 0.3) is 0 Å². The van der Waals surface area contributed by atoms with Gasteiger partial charge in [0.1, 0.15) is 11.6 Å². The van der Waals surface area contributed by atoms with Gasteiger partial charge in [0.2, 0.25) is 0 Å². The molecule has 0 radical (unpaired) electrons. The molecule has 2 aromatic rings. The molecule has 2 rings (SSSR count). The van der Waals surface area contributed by atoms with E-state index in [9.17, 15) is 8.78 Å². The molecule has 0 heterocycles. The summed E-state index contributed by atoms with van der Waals surface area (Å²) in [7, 11) is 1.92. The molecule has 2 N–H and O–H groups in total. The minimum absolute atomic E-state index is 0.249. The Morgan fingerprint density at radius 3 is 2.33 bits per heavy atom. The molecule has 0 saturated heterocycles. The molecule has 0 saturated carbocycles. The summed E-state index contributed by atoms with van der Waals surface area (Å²) >= 11 is 0. The smallest absolute Gasteiger partial charge is 0.126 e. The molecule has 1 atom stereocenters. The van der Waals surface area contributed by atoms with Crippen LogP contribution in [0.5, 0.6) is 0 Å². The molecule has 0 aliphatic heterocycles. The number of rotatable bonds is 4. The van der Waals surface area contributed by atoms with Gasteiger partial charge in [-0.1, -0.05) is 12.1 Å². The number of benzene rings is 2. The summed E-state index contributed by atoms with van der Waals surface area (Å²) in [6, 6.07) is 9.40. The lowest BCUT2D eigenvalue weighted by Gasteiger charge is -2.25. The van der Waals surface area contributed by atoms with Crippen LogP contribution < -0.4 is 10.6 Å². The molecular weight excluding hydrogens is 270 g/mol. The summed E-state index contributed by atoms with van der Waals surface area (Å²) in [5.41, 5.74) is 9.17. The number of halogens is 2. The standard InChI is InChI=1S/C17H20F2N2/c1-11-8-17(15(12(2)20)9-16(11)19)21(3)10-13-4-6-14(18)7-5-13/h4-9,12H,10,20H2,1-3H3. The summed E-state index contributed by atoms with van der Waals surface area (Å²) in [6.45, 7) is 4.17. The Bertz CT molecular complexity index is 621. The van der Waals surface area contributed by atoms with Gasteiger partial charge in [-0.05, 0) is 54.8 Å². The van der Waals surface area contributed by atoms with Crippen LogP contribution in [-0.4, -0.2) is 7.05 Å². The molecule has 2 nitrogen and oxygen atoms in total. The van der Waals surface area contributed by atoms with Crippen molar-refractivity contribution in [3.63, 3.8) is 0 Å². The van der Waals surface area contributed by atoms with Gasteiger partial charge in [0.15, 0.2) is 0 Å². The summed E-state index contributed by atoms with van der Waals surface area (Å²) in [5, 5.41) is 0. The van der Waals surface area contributed by atoms with Crippen molar-refractivity contribution in [2.45, 2.75) is 26.4 Å². The van der Waals surface area contributed by atoms with Crippen LogP contribution in [0.4, 0.5) is 14.5 Å². The Hall–Kier alpha value is -1.94. The van der Waals surface area contributed by atoms with E-state index in [1.54, 1.807) is 25.1 Å². The van der Waals surface area contributed by atoms with Crippen LogP contribution in [0.2, 0.25) is 0 Å². The zero-order chi connectivity index (χ0) is 15.6. The first-order chi connectivity index (χ1) is 9.88. The Labute approximate surface area is 124 Å². The minimum Gasteiger partial charge on any atom is -0.370 e. The van der Waals surface area contributed by atoms with E-state index in [2.05, 4.69) is 0 Å². The number of nitrogens with two attached hydrogens (primary N) is 1. The maximum atomic E-state index is 13.7. The van der Waals surface area contributed by atoms with Gasteiger partial charge in [-0.2, -0.15) is 0 Å². The van der Waals surface area contributed by atoms with Gasteiger partial charge in [-0.15, -0.1) is 0 Å². The highest BCUT2D eigenvalue weighted by Gasteiger charge is 2.14. The normalized spacial score (nSPS) is 12.3. The quantitative estimate of drug-likeness (QED) is 0.924. The third kappa shape index (κ3) is 3.58. The van der Waals surface area contributed by atoms with Crippen LogP contribution in [0.25, 0.3) is 0 Å². The van der Waals surface area contributed by atoms with Crippen molar-refractivity contribution in [3.8, 4) is 0 Å². The zero-order valence-corrected chi connectivity index (χ0v) is 12.5. The SMILES string of the molecule is Cc1cc(N(C)Cc2ccc(F)cc2)c(C(C)N)cc1F. The average Bonchev–Trinajstić information content (AvgIpc) is 2.43. The van der Waals surface area contributed by atoms with E-state index >= 15 is 0 Å². The maximum absolute atomic E-state index is 13.7. The van der Waals surface area contributed by atoms with Crippen LogP contribution in [-0.2, 0) is 6.54 Å². The van der Waals surface area contributed by atoms with E-state index < -0.39 is 0 Å². The molecular formula is C17H20F2N2. The van der Waals surface area contributed by atoms with Crippen molar-refractivity contribution < 1.29 is 8.78 Å². The van der Waals surface area contributed by atoms with Gasteiger partial charge in [-0.3, -0.25) is 0 Å². The van der Waals surface area contributed by atoms with Crippen molar-refractivity contribution in [1.82, 2.24) is 0 Å². The largest absolute Gasteiger partial charge is 0.370 e. The van der Waals surface area contributed by atoms with Crippen LogP contribution in [0.3, 0.4) is 0 Å². The number of nitrogens with zero attached hydrogens (tertiary/aromatic N) is 1. The second-order valence-corrected chi connectivity index (χ2v) is 5.43. The molecule has 2 aromatic carbocycles. The zero-order valence-electron chi connectivity index (χ0n) is 12.5. The highest BCUT2D eigenvalue weighted by molar-refractivity contribution is 5.56. The van der Waals surface area contributed by atoms with E-state index in [4.69, 9.17) is 5.73 Å². The van der Waals surface area contributed by atoms with Crippen LogP contribution in [0.15, 0.2) is 36.4 Å². The Morgan fingerprint density at radius 1 is 1.14 bits per heavy atom. The first-order valence-corrected chi connectivity index (χ1v) is 6.89. The van der Waals surface area contributed by atoms with Crippen molar-refractivity contribution in [2.24, 2.45) is 5.73 Å². The predicted molar refractivity (Wildman–Crippen MR) is 82.2 cm³/mol. The van der Waals surface area contributed by atoms with Crippen molar-refractivity contribution in [1.29, 1.82) is 0 Å². The second kappa shape index (κ2) is 6.22. The maximum Gasteiger partial charge on any atom is 0.126 e. The van der Waals surface area contributed by atoms with Crippen LogP contribution in [0, 0.1) is 18.6 Å². The van der Waals surface area contributed by atoms with Gasteiger partial charge >= 0.3 is 0 Å². The third-order valence-electron chi connectivity index (χ3n) is 3.54. The summed E-state index contributed by atoms with van der Waals surface area (Å²) in [6.07, 6.45) is 0. The molecule has 0 fully saturated rings. The summed E-state index contributed by atoms with van der Waals surface area (Å²) in [4.78, 5) is 2.00. The molecule has 0 aliphatic rings. The number of hydrogen-bond donors (Lipinski definition) is 1. The molecule has 0 aliphatic carbocycles. The molecule has 0 aromatic heterocycles. The fourth-order valence-electron chi connectivity index (χ4n) is 2.33.